The summed E-state index contributed by atoms with van der Waals surface area (Å²) in [7, 11) is 1.64. The third kappa shape index (κ3) is 4.32. The summed E-state index contributed by atoms with van der Waals surface area (Å²) in [6.45, 7) is 2.84. The molecule has 7 nitrogen and oxygen atoms in total. The Morgan fingerprint density at radius 3 is 2.82 bits per heavy atom. The molecule has 0 radical (unpaired) electrons. The number of aromatic nitrogens is 3. The van der Waals surface area contributed by atoms with Crippen molar-refractivity contribution in [2.45, 2.75) is 32.4 Å². The molecular weight excluding hydrogens is 416 g/mol. The first-order chi connectivity index (χ1) is 16.1. The van der Waals surface area contributed by atoms with Crippen LogP contribution in [0.2, 0.25) is 0 Å². The van der Waals surface area contributed by atoms with Crippen LogP contribution < -0.4 is 4.74 Å². The minimum atomic E-state index is -0.0239. The average Bonchev–Trinajstić information content (AvgIpc) is 3.48. The van der Waals surface area contributed by atoms with Gasteiger partial charge in [0.15, 0.2) is 0 Å². The second-order valence-electron chi connectivity index (χ2n) is 8.27. The van der Waals surface area contributed by atoms with Gasteiger partial charge in [-0.15, -0.1) is 0 Å². The highest BCUT2D eigenvalue weighted by Crippen LogP contribution is 2.41. The molecule has 7 heteroatoms. The number of aromatic amines is 1. The smallest absolute Gasteiger partial charge is 0.219 e. The molecule has 5 rings (SSSR count). The summed E-state index contributed by atoms with van der Waals surface area (Å²) < 4.78 is 11.5. The summed E-state index contributed by atoms with van der Waals surface area (Å²) in [5, 5.41) is 1.02. The van der Waals surface area contributed by atoms with Gasteiger partial charge in [0.05, 0.1) is 35.9 Å². The van der Waals surface area contributed by atoms with Crippen LogP contribution in [-0.2, 0) is 16.1 Å². The lowest BCUT2D eigenvalue weighted by Gasteiger charge is -2.25. The first-order valence-corrected chi connectivity index (χ1v) is 11.1. The summed E-state index contributed by atoms with van der Waals surface area (Å²) >= 11 is 0. The number of nitrogens with one attached hydrogen (secondary N) is 1. The lowest BCUT2D eigenvalue weighted by atomic mass is 10.0. The quantitative estimate of drug-likeness (QED) is 0.441. The van der Waals surface area contributed by atoms with Crippen molar-refractivity contribution >= 4 is 16.8 Å². The molecule has 0 unspecified atom stereocenters. The third-order valence-electron chi connectivity index (χ3n) is 6.03. The van der Waals surface area contributed by atoms with Gasteiger partial charge in [0.2, 0.25) is 5.91 Å². The Kier molecular flexibility index (Phi) is 5.79. The molecule has 33 heavy (non-hydrogen) atoms. The summed E-state index contributed by atoms with van der Waals surface area (Å²) in [5.41, 5.74) is 4.63. The molecule has 1 aliphatic rings. The van der Waals surface area contributed by atoms with Crippen molar-refractivity contribution in [3.05, 3.63) is 72.2 Å². The number of carbonyl (C=O) groups is 1. The summed E-state index contributed by atoms with van der Waals surface area (Å²) in [6, 6.07) is 15.8. The molecule has 0 bridgehead atoms. The normalized spacial score (nSPS) is 15.8. The topological polar surface area (TPSA) is 80.3 Å². The van der Waals surface area contributed by atoms with Gasteiger partial charge in [0.1, 0.15) is 11.5 Å². The second kappa shape index (κ2) is 9.03. The number of carbonyl (C=O) groups excluding carboxylic acids is 1. The molecule has 1 saturated heterocycles. The van der Waals surface area contributed by atoms with Crippen molar-refractivity contribution in [2.75, 3.05) is 13.7 Å². The van der Waals surface area contributed by atoms with Crippen molar-refractivity contribution in [2.24, 2.45) is 0 Å². The number of likely N-dealkylation sites (tertiary alicyclic amines) is 1. The average molecular weight is 443 g/mol. The van der Waals surface area contributed by atoms with Gasteiger partial charge in [-0.3, -0.25) is 14.8 Å². The van der Waals surface area contributed by atoms with Crippen molar-refractivity contribution in [3.8, 4) is 22.9 Å². The Hall–Kier alpha value is -3.71. The van der Waals surface area contributed by atoms with Crippen molar-refractivity contribution in [3.63, 3.8) is 0 Å². The molecule has 1 atom stereocenters. The van der Waals surface area contributed by atoms with E-state index in [-0.39, 0.29) is 11.9 Å². The molecule has 1 N–H and O–H groups in total. The number of nitrogens with zero attached hydrogens (tertiary/aromatic N) is 3. The van der Waals surface area contributed by atoms with E-state index in [1.54, 1.807) is 26.4 Å². The first-order valence-electron chi connectivity index (χ1n) is 11.1. The molecular formula is C26H26N4O3. The lowest BCUT2D eigenvalue weighted by Crippen LogP contribution is -2.28. The molecule has 1 aromatic carbocycles. The number of methoxy groups -OCH3 is 1. The van der Waals surface area contributed by atoms with Gasteiger partial charge in [0.25, 0.3) is 0 Å². The van der Waals surface area contributed by atoms with Crippen LogP contribution in [0.3, 0.4) is 0 Å². The maximum atomic E-state index is 12.3. The number of hydrogen-bond acceptors (Lipinski definition) is 5. The fourth-order valence-electron chi connectivity index (χ4n) is 4.48. The van der Waals surface area contributed by atoms with Gasteiger partial charge in [0, 0.05) is 43.2 Å². The number of hydrogen-bond donors (Lipinski definition) is 1. The van der Waals surface area contributed by atoms with Crippen molar-refractivity contribution in [1.82, 2.24) is 19.9 Å². The van der Waals surface area contributed by atoms with Gasteiger partial charge in [-0.1, -0.05) is 6.07 Å². The van der Waals surface area contributed by atoms with Gasteiger partial charge >= 0.3 is 0 Å². The molecule has 4 aromatic rings. The summed E-state index contributed by atoms with van der Waals surface area (Å²) in [4.78, 5) is 26.6. The SMILES string of the molecule is COCc1ccc(Oc2cc3cc(-c4ccccn4)[nH]c3cc2[C@H]2CCCN2C(C)=O)cn1. The minimum absolute atomic E-state index is 0.0239. The van der Waals surface area contributed by atoms with Crippen LogP contribution in [0.15, 0.2) is 60.9 Å². The Morgan fingerprint density at radius 2 is 2.09 bits per heavy atom. The number of fused-ring (bicyclic) bond motifs is 1. The standard InChI is InChI=1S/C26H26N4O3/c1-17(31)30-11-5-7-25(30)21-14-23-18(12-24(29-23)22-6-3-4-10-27-22)13-26(21)33-20-9-8-19(16-32-2)28-15-20/h3-4,6,8-10,12-15,25,29H,5,7,11,16H2,1-2H3/t25-/m1/s1. The number of benzene rings is 1. The molecule has 3 aromatic heterocycles. The van der Waals surface area contributed by atoms with Crippen molar-refractivity contribution < 1.29 is 14.3 Å². The highest BCUT2D eigenvalue weighted by molar-refractivity contribution is 5.88. The van der Waals surface area contributed by atoms with Gasteiger partial charge in [-0.05, 0) is 55.3 Å². The fourth-order valence-corrected chi connectivity index (χ4v) is 4.48. The third-order valence-corrected chi connectivity index (χ3v) is 6.03. The molecule has 1 fully saturated rings. The van der Waals surface area contributed by atoms with Crippen LogP contribution in [0.25, 0.3) is 22.3 Å². The molecule has 168 valence electrons. The molecule has 0 saturated carbocycles. The first kappa shape index (κ1) is 21.2. The van der Waals surface area contributed by atoms with E-state index < -0.39 is 0 Å². The predicted octanol–water partition coefficient (Wildman–Crippen LogP) is 5.25. The van der Waals surface area contributed by atoms with E-state index in [0.717, 1.165) is 58.7 Å². The largest absolute Gasteiger partial charge is 0.455 e. The monoisotopic (exact) mass is 442 g/mol. The number of amides is 1. The van der Waals surface area contributed by atoms with Crippen LogP contribution in [0, 0.1) is 0 Å². The van der Waals surface area contributed by atoms with Crippen molar-refractivity contribution in [1.29, 1.82) is 0 Å². The fraction of sp³-hybridized carbons (Fsp3) is 0.269. The van der Waals surface area contributed by atoms with E-state index >= 15 is 0 Å². The second-order valence-corrected chi connectivity index (χ2v) is 8.27. The maximum Gasteiger partial charge on any atom is 0.219 e. The van der Waals surface area contributed by atoms with Crippen LogP contribution in [0.1, 0.15) is 37.1 Å². The molecule has 4 heterocycles. The van der Waals surface area contributed by atoms with Gasteiger partial charge in [-0.25, -0.2) is 0 Å². The van der Waals surface area contributed by atoms with E-state index in [9.17, 15) is 4.79 Å². The summed E-state index contributed by atoms with van der Waals surface area (Å²) in [5.74, 6) is 1.45. The zero-order valence-corrected chi connectivity index (χ0v) is 18.7. The number of ether oxygens (including phenoxy) is 2. The van der Waals surface area contributed by atoms with E-state index in [4.69, 9.17) is 9.47 Å². The van der Waals surface area contributed by atoms with E-state index in [2.05, 4.69) is 27.1 Å². The Labute approximate surface area is 192 Å². The Bertz CT molecular complexity index is 1270. The maximum absolute atomic E-state index is 12.3. The Morgan fingerprint density at radius 1 is 1.18 bits per heavy atom. The van der Waals surface area contributed by atoms with Crippen LogP contribution >= 0.6 is 0 Å². The highest BCUT2D eigenvalue weighted by atomic mass is 16.5. The molecule has 1 amide bonds. The van der Waals surface area contributed by atoms with Crippen LogP contribution in [-0.4, -0.2) is 39.4 Å². The zero-order valence-electron chi connectivity index (χ0n) is 18.7. The predicted molar refractivity (Wildman–Crippen MR) is 126 cm³/mol. The van der Waals surface area contributed by atoms with E-state index in [1.165, 1.54) is 0 Å². The van der Waals surface area contributed by atoms with Gasteiger partial charge in [-0.2, -0.15) is 0 Å². The molecule has 0 aliphatic carbocycles. The van der Waals surface area contributed by atoms with Crippen LogP contribution in [0.4, 0.5) is 0 Å². The summed E-state index contributed by atoms with van der Waals surface area (Å²) in [6.07, 6.45) is 5.36. The minimum Gasteiger partial charge on any atom is -0.455 e. The molecule has 0 spiro atoms. The van der Waals surface area contributed by atoms with E-state index in [1.807, 2.05) is 41.3 Å². The zero-order chi connectivity index (χ0) is 22.8. The number of rotatable bonds is 6. The highest BCUT2D eigenvalue weighted by Gasteiger charge is 2.31. The van der Waals surface area contributed by atoms with Gasteiger partial charge < -0.3 is 19.4 Å². The number of H-pyrrole nitrogens is 1. The van der Waals surface area contributed by atoms with E-state index in [0.29, 0.717) is 12.4 Å². The molecule has 1 aliphatic heterocycles. The lowest BCUT2D eigenvalue weighted by molar-refractivity contribution is -0.129. The Balaban J connectivity index is 1.57. The number of pyridine rings is 2. The van der Waals surface area contributed by atoms with Crippen LogP contribution in [0.5, 0.6) is 11.5 Å².